The Morgan fingerprint density at radius 1 is 1.37 bits per heavy atom. The second-order valence-electron chi connectivity index (χ2n) is 4.71. The summed E-state index contributed by atoms with van der Waals surface area (Å²) in [4.78, 5) is 0. The van der Waals surface area contributed by atoms with Gasteiger partial charge in [-0.25, -0.2) is 4.39 Å². The van der Waals surface area contributed by atoms with E-state index >= 15 is 0 Å². The van der Waals surface area contributed by atoms with Crippen LogP contribution in [0.1, 0.15) is 24.3 Å². The van der Waals surface area contributed by atoms with Gasteiger partial charge in [0.2, 0.25) is 5.89 Å². The van der Waals surface area contributed by atoms with Crippen LogP contribution in [0.5, 0.6) is 0 Å². The third kappa shape index (κ3) is 2.90. The van der Waals surface area contributed by atoms with E-state index in [1.54, 1.807) is 6.07 Å². The first-order chi connectivity index (χ1) is 9.22. The zero-order valence-electron chi connectivity index (χ0n) is 10.6. The molecule has 3 rings (SSSR count). The van der Waals surface area contributed by atoms with E-state index in [1.807, 2.05) is 13.0 Å². The Kier molecular flexibility index (Phi) is 3.16. The van der Waals surface area contributed by atoms with Crippen LogP contribution in [0.2, 0.25) is 0 Å². The second-order valence-corrected chi connectivity index (χ2v) is 4.71. The molecule has 0 saturated heterocycles. The van der Waals surface area contributed by atoms with E-state index in [0.717, 1.165) is 5.56 Å². The van der Waals surface area contributed by atoms with Crippen LogP contribution < -0.4 is 10.6 Å². The maximum absolute atomic E-state index is 13.6. The quantitative estimate of drug-likeness (QED) is 0.867. The number of anilines is 2. The number of aryl methyl sites for hydroxylation is 1. The fourth-order valence-electron chi connectivity index (χ4n) is 1.79. The molecule has 1 saturated carbocycles. The Labute approximate surface area is 110 Å². The number of hydrogen-bond acceptors (Lipinski definition) is 5. The van der Waals surface area contributed by atoms with Crippen LogP contribution in [-0.4, -0.2) is 16.2 Å². The van der Waals surface area contributed by atoms with Gasteiger partial charge in [-0.2, -0.15) is 0 Å². The van der Waals surface area contributed by atoms with Gasteiger partial charge in [-0.05, 0) is 31.4 Å². The molecule has 2 N–H and O–H groups in total. The lowest BCUT2D eigenvalue weighted by Crippen LogP contribution is -2.15. The van der Waals surface area contributed by atoms with Crippen molar-refractivity contribution in [1.82, 2.24) is 15.5 Å². The Balaban J connectivity index is 1.68. The lowest BCUT2D eigenvalue weighted by molar-refractivity contribution is 0.478. The monoisotopic (exact) mass is 262 g/mol. The zero-order chi connectivity index (χ0) is 13.2. The predicted molar refractivity (Wildman–Crippen MR) is 68.6 cm³/mol. The standard InChI is InChI=1S/C13H15FN4O/c1-8-3-2-4-10(14)12(8)16-13-18-17-11(19-13)7-15-9-5-6-9/h2-4,9,15H,5-7H2,1H3,(H,16,18). The largest absolute Gasteiger partial charge is 0.406 e. The molecule has 0 unspecified atom stereocenters. The first kappa shape index (κ1) is 12.1. The summed E-state index contributed by atoms with van der Waals surface area (Å²) in [5.74, 6) is 0.166. The number of nitrogens with one attached hydrogen (secondary N) is 2. The van der Waals surface area contributed by atoms with Gasteiger partial charge < -0.3 is 15.1 Å². The molecule has 0 spiro atoms. The highest BCUT2D eigenvalue weighted by atomic mass is 19.1. The van der Waals surface area contributed by atoms with Crippen molar-refractivity contribution in [3.63, 3.8) is 0 Å². The molecule has 1 aromatic heterocycles. The molecule has 2 aromatic rings. The number of hydrogen-bond donors (Lipinski definition) is 2. The number of rotatable bonds is 5. The molecule has 100 valence electrons. The molecule has 1 aromatic carbocycles. The van der Waals surface area contributed by atoms with Crippen molar-refractivity contribution >= 4 is 11.7 Å². The van der Waals surface area contributed by atoms with Crippen LogP contribution in [0.15, 0.2) is 22.6 Å². The summed E-state index contributed by atoms with van der Waals surface area (Å²) in [6, 6.07) is 5.66. The highest BCUT2D eigenvalue weighted by Gasteiger charge is 2.21. The average molecular weight is 262 g/mol. The van der Waals surface area contributed by atoms with Crippen LogP contribution in [0, 0.1) is 12.7 Å². The molecule has 0 aliphatic heterocycles. The SMILES string of the molecule is Cc1cccc(F)c1Nc1nnc(CNC2CC2)o1. The topological polar surface area (TPSA) is 63.0 Å². The summed E-state index contributed by atoms with van der Waals surface area (Å²) in [5, 5.41) is 13.9. The average Bonchev–Trinajstić information content (AvgIpc) is 3.11. The van der Waals surface area contributed by atoms with Gasteiger partial charge in [-0.3, -0.25) is 0 Å². The molecule has 0 radical (unpaired) electrons. The minimum absolute atomic E-state index is 0.209. The van der Waals surface area contributed by atoms with Gasteiger partial charge in [-0.1, -0.05) is 17.2 Å². The number of benzene rings is 1. The normalized spacial score (nSPS) is 14.6. The van der Waals surface area contributed by atoms with Crippen molar-refractivity contribution in [2.75, 3.05) is 5.32 Å². The third-order valence-electron chi connectivity index (χ3n) is 3.04. The lowest BCUT2D eigenvalue weighted by Gasteiger charge is -2.06. The van der Waals surface area contributed by atoms with Crippen molar-refractivity contribution in [3.8, 4) is 0 Å². The molecule has 6 heteroatoms. The zero-order valence-corrected chi connectivity index (χ0v) is 10.6. The summed E-state index contributed by atoms with van der Waals surface area (Å²) in [7, 11) is 0. The number of halogens is 1. The Morgan fingerprint density at radius 2 is 2.21 bits per heavy atom. The first-order valence-corrected chi connectivity index (χ1v) is 6.30. The number of nitrogens with zero attached hydrogens (tertiary/aromatic N) is 2. The van der Waals surface area contributed by atoms with E-state index in [-0.39, 0.29) is 11.8 Å². The molecule has 1 fully saturated rings. The maximum Gasteiger partial charge on any atom is 0.320 e. The van der Waals surface area contributed by atoms with Gasteiger partial charge in [0.15, 0.2) is 0 Å². The Morgan fingerprint density at radius 3 is 2.95 bits per heavy atom. The van der Waals surface area contributed by atoms with Gasteiger partial charge in [0, 0.05) is 6.04 Å². The van der Waals surface area contributed by atoms with E-state index in [1.165, 1.54) is 18.9 Å². The lowest BCUT2D eigenvalue weighted by atomic mass is 10.2. The van der Waals surface area contributed by atoms with E-state index < -0.39 is 0 Å². The van der Waals surface area contributed by atoms with E-state index in [2.05, 4.69) is 20.8 Å². The predicted octanol–water partition coefficient (Wildman–Crippen LogP) is 2.51. The summed E-state index contributed by atoms with van der Waals surface area (Å²) in [5.41, 5.74) is 1.16. The first-order valence-electron chi connectivity index (χ1n) is 6.30. The molecule has 5 nitrogen and oxygen atoms in total. The molecule has 0 atom stereocenters. The highest BCUT2D eigenvalue weighted by molar-refractivity contribution is 5.57. The molecular weight excluding hydrogens is 247 g/mol. The van der Waals surface area contributed by atoms with Crippen molar-refractivity contribution in [2.45, 2.75) is 32.4 Å². The molecular formula is C13H15FN4O. The fourth-order valence-corrected chi connectivity index (χ4v) is 1.79. The molecule has 19 heavy (non-hydrogen) atoms. The van der Waals surface area contributed by atoms with Crippen molar-refractivity contribution in [3.05, 3.63) is 35.5 Å². The van der Waals surface area contributed by atoms with Crippen molar-refractivity contribution < 1.29 is 8.81 Å². The molecule has 0 bridgehead atoms. The molecule has 1 heterocycles. The minimum Gasteiger partial charge on any atom is -0.406 e. The Hall–Kier alpha value is -1.95. The van der Waals surface area contributed by atoms with Gasteiger partial charge in [0.25, 0.3) is 0 Å². The van der Waals surface area contributed by atoms with E-state index in [4.69, 9.17) is 4.42 Å². The van der Waals surface area contributed by atoms with E-state index in [9.17, 15) is 4.39 Å². The number of para-hydroxylation sites is 1. The third-order valence-corrected chi connectivity index (χ3v) is 3.04. The smallest absolute Gasteiger partial charge is 0.320 e. The summed E-state index contributed by atoms with van der Waals surface area (Å²) >= 11 is 0. The van der Waals surface area contributed by atoms with Crippen LogP contribution in [-0.2, 0) is 6.54 Å². The summed E-state index contributed by atoms with van der Waals surface area (Å²) in [6.45, 7) is 2.37. The maximum atomic E-state index is 13.6. The van der Waals surface area contributed by atoms with Crippen LogP contribution in [0.4, 0.5) is 16.1 Å². The Bertz CT molecular complexity index is 560. The van der Waals surface area contributed by atoms with Gasteiger partial charge in [-0.15, -0.1) is 5.10 Å². The van der Waals surface area contributed by atoms with Crippen LogP contribution in [0.25, 0.3) is 0 Å². The second kappa shape index (κ2) is 4.97. The highest BCUT2D eigenvalue weighted by Crippen LogP contribution is 2.23. The molecule has 1 aliphatic rings. The summed E-state index contributed by atoms with van der Waals surface area (Å²) < 4.78 is 19.1. The van der Waals surface area contributed by atoms with Crippen molar-refractivity contribution in [2.24, 2.45) is 0 Å². The van der Waals surface area contributed by atoms with Crippen LogP contribution in [0.3, 0.4) is 0 Å². The summed E-state index contributed by atoms with van der Waals surface area (Å²) in [6.07, 6.45) is 2.40. The fraction of sp³-hybridized carbons (Fsp3) is 0.385. The molecule has 1 aliphatic carbocycles. The van der Waals surface area contributed by atoms with E-state index in [0.29, 0.717) is 24.2 Å². The molecule has 0 amide bonds. The van der Waals surface area contributed by atoms with Gasteiger partial charge >= 0.3 is 6.01 Å². The number of aromatic nitrogens is 2. The van der Waals surface area contributed by atoms with Gasteiger partial charge in [0.05, 0.1) is 12.2 Å². The van der Waals surface area contributed by atoms with Crippen LogP contribution >= 0.6 is 0 Å². The van der Waals surface area contributed by atoms with Crippen molar-refractivity contribution in [1.29, 1.82) is 0 Å². The van der Waals surface area contributed by atoms with Gasteiger partial charge in [0.1, 0.15) is 5.82 Å². The minimum atomic E-state index is -0.337.